The van der Waals surface area contributed by atoms with Crippen LogP contribution in [0.1, 0.15) is 82.3 Å². The Hall–Kier alpha value is -0.820. The lowest BCUT2D eigenvalue weighted by Gasteiger charge is -2.29. The highest BCUT2D eigenvalue weighted by atomic mass is 14.6. The van der Waals surface area contributed by atoms with E-state index in [0.717, 1.165) is 6.54 Å². The maximum atomic E-state index is 6.18. The molecule has 1 aromatic carbocycles. The van der Waals surface area contributed by atoms with Crippen molar-refractivity contribution in [1.82, 2.24) is 0 Å². The average Bonchev–Trinajstić information content (AvgIpc) is 2.90. The molecule has 2 rings (SSSR count). The van der Waals surface area contributed by atoms with Crippen LogP contribution in [-0.2, 0) is 11.8 Å². The van der Waals surface area contributed by atoms with Crippen LogP contribution in [-0.4, -0.2) is 6.54 Å². The number of benzene rings is 1. The Labute approximate surface area is 131 Å². The zero-order valence-corrected chi connectivity index (χ0v) is 13.9. The Morgan fingerprint density at radius 3 is 2.33 bits per heavy atom. The number of unbranched alkanes of at least 4 members (excludes halogenated alkanes) is 7. The van der Waals surface area contributed by atoms with Crippen LogP contribution in [0.4, 0.5) is 0 Å². The van der Waals surface area contributed by atoms with Gasteiger partial charge >= 0.3 is 0 Å². The summed E-state index contributed by atoms with van der Waals surface area (Å²) in [4.78, 5) is 0. The molecule has 1 aliphatic carbocycles. The number of nitrogens with two attached hydrogens (primary N) is 1. The maximum Gasteiger partial charge on any atom is 0.00814 e. The van der Waals surface area contributed by atoms with Gasteiger partial charge in [-0.05, 0) is 30.4 Å². The van der Waals surface area contributed by atoms with E-state index in [1.807, 2.05) is 0 Å². The predicted octanol–water partition coefficient (Wildman–Crippen LogP) is 5.36. The first-order valence-electron chi connectivity index (χ1n) is 9.11. The second-order valence-electron chi connectivity index (χ2n) is 6.87. The quantitative estimate of drug-likeness (QED) is 0.576. The topological polar surface area (TPSA) is 26.0 Å². The molecule has 0 saturated carbocycles. The first-order chi connectivity index (χ1) is 10.3. The number of hydrogen-bond donors (Lipinski definition) is 1. The van der Waals surface area contributed by atoms with Crippen LogP contribution in [0.3, 0.4) is 0 Å². The second-order valence-corrected chi connectivity index (χ2v) is 6.87. The molecule has 0 saturated heterocycles. The van der Waals surface area contributed by atoms with Gasteiger partial charge in [-0.25, -0.2) is 0 Å². The lowest BCUT2D eigenvalue weighted by molar-refractivity contribution is 0.379. The smallest absolute Gasteiger partial charge is 0.00814 e. The predicted molar refractivity (Wildman–Crippen MR) is 92.7 cm³/mol. The van der Waals surface area contributed by atoms with Gasteiger partial charge in [-0.15, -0.1) is 0 Å². The zero-order valence-electron chi connectivity index (χ0n) is 13.9. The summed E-state index contributed by atoms with van der Waals surface area (Å²) in [5, 5.41) is 0. The Morgan fingerprint density at radius 1 is 0.952 bits per heavy atom. The molecule has 0 fully saturated rings. The molecule has 2 N–H and O–H groups in total. The van der Waals surface area contributed by atoms with Crippen molar-refractivity contribution in [3.05, 3.63) is 35.4 Å². The van der Waals surface area contributed by atoms with E-state index >= 15 is 0 Å². The van der Waals surface area contributed by atoms with Crippen LogP contribution >= 0.6 is 0 Å². The standard InChI is InChI=1S/C20H33N/c1-2-3-4-5-6-7-8-11-15-20(17-21)16-14-18-12-9-10-13-19(18)20/h9-10,12-13H,2-8,11,14-17,21H2,1H3. The van der Waals surface area contributed by atoms with E-state index in [4.69, 9.17) is 5.73 Å². The molecular weight excluding hydrogens is 254 g/mol. The molecule has 0 aromatic heterocycles. The summed E-state index contributed by atoms with van der Waals surface area (Å²) < 4.78 is 0. The highest BCUT2D eigenvalue weighted by Gasteiger charge is 2.36. The Balaban J connectivity index is 1.72. The molecule has 1 unspecified atom stereocenters. The van der Waals surface area contributed by atoms with Crippen molar-refractivity contribution in [2.24, 2.45) is 5.73 Å². The van der Waals surface area contributed by atoms with Crippen LogP contribution < -0.4 is 5.73 Å². The summed E-state index contributed by atoms with van der Waals surface area (Å²) in [6, 6.07) is 8.96. The third-order valence-corrected chi connectivity index (χ3v) is 5.36. The number of hydrogen-bond acceptors (Lipinski definition) is 1. The van der Waals surface area contributed by atoms with E-state index in [2.05, 4.69) is 31.2 Å². The van der Waals surface area contributed by atoms with Gasteiger partial charge in [-0.3, -0.25) is 0 Å². The van der Waals surface area contributed by atoms with Crippen molar-refractivity contribution in [2.75, 3.05) is 6.54 Å². The molecule has 118 valence electrons. The van der Waals surface area contributed by atoms with Crippen molar-refractivity contribution in [3.8, 4) is 0 Å². The van der Waals surface area contributed by atoms with Crippen LogP contribution in [0.15, 0.2) is 24.3 Å². The molecule has 0 spiro atoms. The summed E-state index contributed by atoms with van der Waals surface area (Å²) in [5.41, 5.74) is 9.57. The molecule has 0 heterocycles. The molecule has 1 heteroatoms. The molecule has 1 aliphatic rings. The van der Waals surface area contributed by atoms with Crippen molar-refractivity contribution < 1.29 is 0 Å². The van der Waals surface area contributed by atoms with Crippen LogP contribution in [0.5, 0.6) is 0 Å². The first kappa shape index (κ1) is 16.5. The Kier molecular flexibility index (Phi) is 6.76. The summed E-state index contributed by atoms with van der Waals surface area (Å²) in [6.07, 6.45) is 15.0. The molecule has 0 aliphatic heterocycles. The fourth-order valence-electron chi connectivity index (χ4n) is 3.94. The number of aryl methyl sites for hydroxylation is 1. The highest BCUT2D eigenvalue weighted by molar-refractivity contribution is 5.39. The van der Waals surface area contributed by atoms with Crippen molar-refractivity contribution in [2.45, 2.75) is 83.0 Å². The second kappa shape index (κ2) is 8.58. The molecule has 1 atom stereocenters. The zero-order chi connectivity index (χ0) is 15.0. The largest absolute Gasteiger partial charge is 0.330 e. The van der Waals surface area contributed by atoms with E-state index < -0.39 is 0 Å². The lowest BCUT2D eigenvalue weighted by Crippen LogP contribution is -2.32. The number of fused-ring (bicyclic) bond motifs is 1. The minimum absolute atomic E-state index is 0.290. The molecule has 1 aromatic rings. The highest BCUT2D eigenvalue weighted by Crippen LogP contribution is 2.41. The third-order valence-electron chi connectivity index (χ3n) is 5.36. The fraction of sp³-hybridized carbons (Fsp3) is 0.700. The van der Waals surface area contributed by atoms with E-state index in [-0.39, 0.29) is 0 Å². The normalized spacial score (nSPS) is 20.7. The van der Waals surface area contributed by atoms with Crippen molar-refractivity contribution in [3.63, 3.8) is 0 Å². The molecule has 21 heavy (non-hydrogen) atoms. The average molecular weight is 287 g/mol. The monoisotopic (exact) mass is 287 g/mol. The molecule has 0 bridgehead atoms. The van der Waals surface area contributed by atoms with Gasteiger partial charge in [0.15, 0.2) is 0 Å². The van der Waals surface area contributed by atoms with Crippen LogP contribution in [0, 0.1) is 0 Å². The van der Waals surface area contributed by atoms with Gasteiger partial charge in [-0.1, -0.05) is 82.6 Å². The fourth-order valence-corrected chi connectivity index (χ4v) is 3.94. The van der Waals surface area contributed by atoms with Gasteiger partial charge < -0.3 is 5.73 Å². The molecule has 1 nitrogen and oxygen atoms in total. The van der Waals surface area contributed by atoms with Gasteiger partial charge in [-0.2, -0.15) is 0 Å². The Bertz CT molecular complexity index is 412. The number of rotatable bonds is 10. The minimum atomic E-state index is 0.290. The minimum Gasteiger partial charge on any atom is -0.330 e. The van der Waals surface area contributed by atoms with Gasteiger partial charge in [0.1, 0.15) is 0 Å². The van der Waals surface area contributed by atoms with E-state index in [1.165, 1.54) is 70.6 Å². The summed E-state index contributed by atoms with van der Waals surface area (Å²) in [6.45, 7) is 3.10. The van der Waals surface area contributed by atoms with Gasteiger partial charge in [0.2, 0.25) is 0 Å². The third kappa shape index (κ3) is 4.32. The van der Waals surface area contributed by atoms with E-state index in [0.29, 0.717) is 5.41 Å². The van der Waals surface area contributed by atoms with E-state index in [1.54, 1.807) is 11.1 Å². The molecular formula is C20H33N. The van der Waals surface area contributed by atoms with Crippen LogP contribution in [0.25, 0.3) is 0 Å². The van der Waals surface area contributed by atoms with Gasteiger partial charge in [0.25, 0.3) is 0 Å². The van der Waals surface area contributed by atoms with E-state index in [9.17, 15) is 0 Å². The summed E-state index contributed by atoms with van der Waals surface area (Å²) >= 11 is 0. The van der Waals surface area contributed by atoms with Crippen LogP contribution in [0.2, 0.25) is 0 Å². The molecule has 0 radical (unpaired) electrons. The Morgan fingerprint density at radius 2 is 1.62 bits per heavy atom. The van der Waals surface area contributed by atoms with Crippen molar-refractivity contribution >= 4 is 0 Å². The maximum absolute atomic E-state index is 6.18. The lowest BCUT2D eigenvalue weighted by atomic mass is 9.77. The first-order valence-corrected chi connectivity index (χ1v) is 9.11. The van der Waals surface area contributed by atoms with Gasteiger partial charge in [0.05, 0.1) is 0 Å². The van der Waals surface area contributed by atoms with Crippen molar-refractivity contribution in [1.29, 1.82) is 0 Å². The molecule has 0 amide bonds. The van der Waals surface area contributed by atoms with Gasteiger partial charge in [0, 0.05) is 12.0 Å². The SMILES string of the molecule is CCCCCCCCCCC1(CN)CCc2ccccc21. The summed E-state index contributed by atoms with van der Waals surface area (Å²) in [5.74, 6) is 0. The summed E-state index contributed by atoms with van der Waals surface area (Å²) in [7, 11) is 0.